The van der Waals surface area contributed by atoms with E-state index in [0.717, 1.165) is 16.8 Å². The fourth-order valence-electron chi connectivity index (χ4n) is 2.36. The van der Waals surface area contributed by atoms with Gasteiger partial charge in [-0.3, -0.25) is 0 Å². The van der Waals surface area contributed by atoms with Crippen molar-refractivity contribution >= 4 is 10.8 Å². The fourth-order valence-corrected chi connectivity index (χ4v) is 2.36. The van der Waals surface area contributed by atoms with Crippen molar-refractivity contribution in [1.82, 2.24) is 0 Å². The molecule has 99 valence electrons. The van der Waals surface area contributed by atoms with Crippen LogP contribution in [0.5, 0.6) is 0 Å². The zero-order chi connectivity index (χ0) is 14.2. The standard InChI is InChI=1S/C17H10F3/c18-17(19,20)16-11-4-3-9-15(16)14-10-5-7-12-6-1-2-8-13(12)14/h1-3,5-11H. The van der Waals surface area contributed by atoms with Gasteiger partial charge in [0.15, 0.2) is 0 Å². The molecule has 0 aliphatic heterocycles. The molecule has 0 saturated heterocycles. The lowest BCUT2D eigenvalue weighted by Gasteiger charge is -2.14. The summed E-state index contributed by atoms with van der Waals surface area (Å²) >= 11 is 0. The zero-order valence-corrected chi connectivity index (χ0v) is 10.4. The number of hydrogen-bond acceptors (Lipinski definition) is 0. The van der Waals surface area contributed by atoms with Gasteiger partial charge in [0.1, 0.15) is 0 Å². The largest absolute Gasteiger partial charge is 0.417 e. The van der Waals surface area contributed by atoms with E-state index in [1.165, 1.54) is 12.1 Å². The first-order valence-corrected chi connectivity index (χ1v) is 6.13. The number of hydrogen-bond donors (Lipinski definition) is 0. The van der Waals surface area contributed by atoms with Crippen molar-refractivity contribution in [3.63, 3.8) is 0 Å². The average molecular weight is 271 g/mol. The summed E-state index contributed by atoms with van der Waals surface area (Å²) in [7, 11) is 0. The second-order valence-corrected chi connectivity index (χ2v) is 4.50. The van der Waals surface area contributed by atoms with E-state index in [0.29, 0.717) is 5.56 Å². The van der Waals surface area contributed by atoms with Gasteiger partial charge < -0.3 is 0 Å². The van der Waals surface area contributed by atoms with Gasteiger partial charge in [-0.25, -0.2) is 0 Å². The summed E-state index contributed by atoms with van der Waals surface area (Å²) in [5, 5.41) is 1.73. The molecule has 0 amide bonds. The number of fused-ring (bicyclic) bond motifs is 1. The smallest absolute Gasteiger partial charge is 0.166 e. The number of alkyl halides is 3. The van der Waals surface area contributed by atoms with Crippen molar-refractivity contribution in [3.05, 3.63) is 72.3 Å². The monoisotopic (exact) mass is 271 g/mol. The van der Waals surface area contributed by atoms with E-state index in [-0.39, 0.29) is 5.56 Å². The van der Waals surface area contributed by atoms with Crippen LogP contribution in [-0.2, 0) is 6.18 Å². The minimum absolute atomic E-state index is 0.188. The highest BCUT2D eigenvalue weighted by molar-refractivity contribution is 5.97. The van der Waals surface area contributed by atoms with E-state index in [2.05, 4.69) is 6.07 Å². The van der Waals surface area contributed by atoms with Crippen molar-refractivity contribution < 1.29 is 13.2 Å². The number of halogens is 3. The molecule has 0 aromatic heterocycles. The Morgan fingerprint density at radius 3 is 2.35 bits per heavy atom. The van der Waals surface area contributed by atoms with Gasteiger partial charge in [-0.15, -0.1) is 0 Å². The van der Waals surface area contributed by atoms with Crippen molar-refractivity contribution in [2.45, 2.75) is 6.18 Å². The SMILES string of the molecule is FC(F)(F)c1c[c]ccc1-c1cccc2ccccc12. The second kappa shape index (κ2) is 4.67. The van der Waals surface area contributed by atoms with Gasteiger partial charge >= 0.3 is 6.18 Å². The van der Waals surface area contributed by atoms with Gasteiger partial charge in [-0.2, -0.15) is 13.2 Å². The number of benzene rings is 3. The highest BCUT2D eigenvalue weighted by atomic mass is 19.4. The summed E-state index contributed by atoms with van der Waals surface area (Å²) in [6.45, 7) is 0. The van der Waals surface area contributed by atoms with E-state index in [4.69, 9.17) is 0 Å². The minimum atomic E-state index is -4.38. The summed E-state index contributed by atoms with van der Waals surface area (Å²) in [6.07, 6.45) is -4.38. The van der Waals surface area contributed by atoms with E-state index >= 15 is 0 Å². The van der Waals surface area contributed by atoms with Crippen LogP contribution in [-0.4, -0.2) is 0 Å². The molecule has 0 heterocycles. The zero-order valence-electron chi connectivity index (χ0n) is 10.4. The first-order chi connectivity index (χ1) is 9.57. The Kier molecular flexibility index (Phi) is 2.97. The lowest BCUT2D eigenvalue weighted by Crippen LogP contribution is -2.07. The molecule has 0 N–H and O–H groups in total. The molecule has 0 unspecified atom stereocenters. The number of rotatable bonds is 1. The first-order valence-electron chi connectivity index (χ1n) is 6.13. The lowest BCUT2D eigenvalue weighted by atomic mass is 9.94. The van der Waals surface area contributed by atoms with Crippen molar-refractivity contribution in [2.24, 2.45) is 0 Å². The predicted molar refractivity (Wildman–Crippen MR) is 73.2 cm³/mol. The maximum absolute atomic E-state index is 13.1. The maximum Gasteiger partial charge on any atom is 0.417 e. The Morgan fingerprint density at radius 1 is 0.800 bits per heavy atom. The van der Waals surface area contributed by atoms with Crippen LogP contribution in [0, 0.1) is 6.07 Å². The van der Waals surface area contributed by atoms with Crippen molar-refractivity contribution in [3.8, 4) is 11.1 Å². The highest BCUT2D eigenvalue weighted by Crippen LogP contribution is 2.39. The Morgan fingerprint density at radius 2 is 1.55 bits per heavy atom. The van der Waals surface area contributed by atoms with Gasteiger partial charge in [0, 0.05) is 0 Å². The molecule has 3 aromatic carbocycles. The predicted octanol–water partition coefficient (Wildman–Crippen LogP) is 5.33. The van der Waals surface area contributed by atoms with Crippen LogP contribution in [0.1, 0.15) is 5.56 Å². The molecular weight excluding hydrogens is 261 g/mol. The molecule has 0 saturated carbocycles. The molecule has 0 fully saturated rings. The third-order valence-corrected chi connectivity index (χ3v) is 3.25. The molecule has 0 atom stereocenters. The van der Waals surface area contributed by atoms with Gasteiger partial charge in [0.05, 0.1) is 5.56 Å². The molecular formula is C17H10F3. The molecule has 0 aliphatic carbocycles. The van der Waals surface area contributed by atoms with Gasteiger partial charge in [-0.05, 0) is 34.0 Å². The molecule has 3 aromatic rings. The van der Waals surface area contributed by atoms with Crippen LogP contribution < -0.4 is 0 Å². The maximum atomic E-state index is 13.1. The molecule has 0 bridgehead atoms. The molecule has 3 heteroatoms. The van der Waals surface area contributed by atoms with Crippen LogP contribution in [0.15, 0.2) is 60.7 Å². The summed E-state index contributed by atoms with van der Waals surface area (Å²) in [5.74, 6) is 0. The van der Waals surface area contributed by atoms with Crippen molar-refractivity contribution in [1.29, 1.82) is 0 Å². The van der Waals surface area contributed by atoms with E-state index in [9.17, 15) is 13.2 Å². The fraction of sp³-hybridized carbons (Fsp3) is 0.0588. The lowest BCUT2D eigenvalue weighted by molar-refractivity contribution is -0.137. The van der Waals surface area contributed by atoms with Gasteiger partial charge in [0.2, 0.25) is 0 Å². The average Bonchev–Trinajstić information content (AvgIpc) is 2.46. The third kappa shape index (κ3) is 2.16. The van der Waals surface area contributed by atoms with Crippen LogP contribution in [0.3, 0.4) is 0 Å². The Bertz CT molecular complexity index is 752. The summed E-state index contributed by atoms with van der Waals surface area (Å²) < 4.78 is 39.3. The molecule has 0 nitrogen and oxygen atoms in total. The minimum Gasteiger partial charge on any atom is -0.166 e. The van der Waals surface area contributed by atoms with E-state index in [1.807, 2.05) is 30.3 Å². The summed E-state index contributed by atoms with van der Waals surface area (Å²) in [5.41, 5.74) is 0.119. The first kappa shape index (κ1) is 12.7. The quantitative estimate of drug-likeness (QED) is 0.561. The van der Waals surface area contributed by atoms with Crippen LogP contribution in [0.2, 0.25) is 0 Å². The van der Waals surface area contributed by atoms with Crippen molar-refractivity contribution in [2.75, 3.05) is 0 Å². The normalized spacial score (nSPS) is 11.8. The molecule has 0 spiro atoms. The van der Waals surface area contributed by atoms with Crippen LogP contribution in [0.25, 0.3) is 21.9 Å². The van der Waals surface area contributed by atoms with Gasteiger partial charge in [-0.1, -0.05) is 54.6 Å². The summed E-state index contributed by atoms with van der Waals surface area (Å²) in [6, 6.07) is 19.3. The van der Waals surface area contributed by atoms with E-state index in [1.54, 1.807) is 12.1 Å². The topological polar surface area (TPSA) is 0 Å². The second-order valence-electron chi connectivity index (χ2n) is 4.50. The molecule has 3 rings (SSSR count). The van der Waals surface area contributed by atoms with E-state index < -0.39 is 11.7 Å². The van der Waals surface area contributed by atoms with Crippen LogP contribution >= 0.6 is 0 Å². The van der Waals surface area contributed by atoms with Crippen LogP contribution in [0.4, 0.5) is 13.2 Å². The molecule has 0 aliphatic rings. The Hall–Kier alpha value is -2.29. The summed E-state index contributed by atoms with van der Waals surface area (Å²) in [4.78, 5) is 0. The van der Waals surface area contributed by atoms with Gasteiger partial charge in [0.25, 0.3) is 0 Å². The highest BCUT2D eigenvalue weighted by Gasteiger charge is 2.33. The molecule has 20 heavy (non-hydrogen) atoms. The Labute approximate surface area is 114 Å². The molecule has 1 radical (unpaired) electrons. The Balaban J connectivity index is 2.32. The third-order valence-electron chi connectivity index (χ3n) is 3.25.